The summed E-state index contributed by atoms with van der Waals surface area (Å²) in [5, 5.41) is 3.21. The van der Waals surface area contributed by atoms with Gasteiger partial charge in [-0.2, -0.15) is 0 Å². The first kappa shape index (κ1) is 4.85. The van der Waals surface area contributed by atoms with Gasteiger partial charge in [0.25, 0.3) is 0 Å². The Kier molecular flexibility index (Phi) is 1.47. The molecule has 1 radical (unpaired) electrons. The minimum absolute atomic E-state index is 1.02. The highest BCUT2D eigenvalue weighted by atomic mass is 14.9. The Balaban J connectivity index is 2.32. The quantitative estimate of drug-likeness (QED) is 0.445. The largest absolute Gasteiger partial charge is 0.306 e. The van der Waals surface area contributed by atoms with Crippen LogP contribution in [0, 0.1) is 6.04 Å². The van der Waals surface area contributed by atoms with Crippen molar-refractivity contribution in [3.8, 4) is 0 Å². The van der Waals surface area contributed by atoms with E-state index >= 15 is 0 Å². The van der Waals surface area contributed by atoms with Crippen LogP contribution in [0.4, 0.5) is 0 Å². The second-order valence-electron chi connectivity index (χ2n) is 1.84. The van der Waals surface area contributed by atoms with Gasteiger partial charge in [-0.1, -0.05) is 12.2 Å². The Bertz CT molecular complexity index is 76.2. The van der Waals surface area contributed by atoms with E-state index in [2.05, 4.69) is 24.4 Å². The van der Waals surface area contributed by atoms with E-state index in [-0.39, 0.29) is 0 Å². The summed E-state index contributed by atoms with van der Waals surface area (Å²) in [6.45, 7) is 3.13. The van der Waals surface area contributed by atoms with E-state index in [1.807, 2.05) is 0 Å². The third-order valence-electron chi connectivity index (χ3n) is 1.11. The highest BCUT2D eigenvalue weighted by Gasteiger charge is 1.99. The van der Waals surface area contributed by atoms with Crippen molar-refractivity contribution in [2.45, 2.75) is 13.3 Å². The summed E-state index contributed by atoms with van der Waals surface area (Å²) in [6, 6.07) is 1.38. The summed E-state index contributed by atoms with van der Waals surface area (Å²) < 4.78 is 0. The van der Waals surface area contributed by atoms with Crippen LogP contribution in [0.25, 0.3) is 0 Å². The Morgan fingerprint density at radius 1 is 1.57 bits per heavy atom. The van der Waals surface area contributed by atoms with Gasteiger partial charge in [0.05, 0.1) is 0 Å². The molecule has 1 nitrogen and oxygen atoms in total. The molecule has 0 aromatic heterocycles. The molecule has 0 spiro atoms. The second-order valence-corrected chi connectivity index (χ2v) is 1.84. The van der Waals surface area contributed by atoms with Crippen molar-refractivity contribution >= 4 is 0 Å². The van der Waals surface area contributed by atoms with Crippen molar-refractivity contribution in [3.05, 3.63) is 18.2 Å². The lowest BCUT2D eigenvalue weighted by molar-refractivity contribution is 0.712. The number of rotatable bonds is 0. The van der Waals surface area contributed by atoms with Crippen LogP contribution < -0.4 is 5.32 Å². The summed E-state index contributed by atoms with van der Waals surface area (Å²) >= 11 is 0. The summed E-state index contributed by atoms with van der Waals surface area (Å²) in [4.78, 5) is 0. The monoisotopic (exact) mass is 96.1 g/mol. The lowest BCUT2D eigenvalue weighted by Gasteiger charge is -2.11. The highest BCUT2D eigenvalue weighted by Crippen LogP contribution is 2.03. The summed E-state index contributed by atoms with van der Waals surface area (Å²) in [5.74, 6) is 0. The Morgan fingerprint density at radius 2 is 2.43 bits per heavy atom. The summed E-state index contributed by atoms with van der Waals surface area (Å²) in [7, 11) is 0. The van der Waals surface area contributed by atoms with Crippen molar-refractivity contribution in [2.24, 2.45) is 0 Å². The molecular formula is C6H10N. The fourth-order valence-corrected chi connectivity index (χ4v) is 0.649. The first-order valence-electron chi connectivity index (χ1n) is 2.61. The van der Waals surface area contributed by atoms with Crippen molar-refractivity contribution in [1.82, 2.24) is 5.32 Å². The fourth-order valence-electron chi connectivity index (χ4n) is 0.649. The molecule has 1 aliphatic heterocycles. The smallest absolute Gasteiger partial charge is 0.0373 e. The molecule has 1 N–H and O–H groups in total. The molecule has 0 saturated carbocycles. The third-order valence-corrected chi connectivity index (χ3v) is 1.11. The van der Waals surface area contributed by atoms with Crippen LogP contribution in [-0.4, -0.2) is 6.54 Å². The van der Waals surface area contributed by atoms with Gasteiger partial charge in [-0.15, -0.1) is 0 Å². The Hall–Kier alpha value is -0.300. The predicted molar refractivity (Wildman–Crippen MR) is 30.7 cm³/mol. The van der Waals surface area contributed by atoms with Gasteiger partial charge in [-0.25, -0.2) is 0 Å². The van der Waals surface area contributed by atoms with Crippen molar-refractivity contribution in [2.75, 3.05) is 6.54 Å². The van der Waals surface area contributed by atoms with Gasteiger partial charge < -0.3 is 5.32 Å². The molecule has 1 heteroatoms. The normalized spacial score (nSPS) is 23.0. The van der Waals surface area contributed by atoms with E-state index in [1.165, 1.54) is 6.04 Å². The van der Waals surface area contributed by atoms with E-state index in [0.29, 0.717) is 0 Å². The van der Waals surface area contributed by atoms with Gasteiger partial charge >= 0.3 is 0 Å². The van der Waals surface area contributed by atoms with Gasteiger partial charge in [0.15, 0.2) is 0 Å². The summed E-state index contributed by atoms with van der Waals surface area (Å²) in [6.07, 6.45) is 5.44. The van der Waals surface area contributed by atoms with Crippen LogP contribution in [0.3, 0.4) is 0 Å². The van der Waals surface area contributed by atoms with E-state index in [4.69, 9.17) is 0 Å². The van der Waals surface area contributed by atoms with Crippen LogP contribution in [0.1, 0.15) is 13.3 Å². The molecule has 0 saturated heterocycles. The van der Waals surface area contributed by atoms with Crippen LogP contribution in [0.15, 0.2) is 12.2 Å². The average Bonchev–Trinajstić information content (AvgIpc) is 1.69. The van der Waals surface area contributed by atoms with Gasteiger partial charge in [0.2, 0.25) is 0 Å². The van der Waals surface area contributed by atoms with Crippen molar-refractivity contribution < 1.29 is 0 Å². The maximum Gasteiger partial charge on any atom is 0.0373 e. The lowest BCUT2D eigenvalue weighted by atomic mass is 10.2. The lowest BCUT2D eigenvalue weighted by Crippen LogP contribution is -2.20. The van der Waals surface area contributed by atoms with Gasteiger partial charge in [-0.05, 0) is 13.3 Å². The third kappa shape index (κ3) is 1.32. The first-order valence-corrected chi connectivity index (χ1v) is 2.61. The van der Waals surface area contributed by atoms with Crippen LogP contribution in [0.5, 0.6) is 0 Å². The average molecular weight is 96.2 g/mol. The van der Waals surface area contributed by atoms with E-state index in [9.17, 15) is 0 Å². The zero-order valence-electron chi connectivity index (χ0n) is 4.57. The van der Waals surface area contributed by atoms with Crippen molar-refractivity contribution in [3.63, 3.8) is 0 Å². The SMILES string of the molecule is C[C]1CC=CCN1. The second kappa shape index (κ2) is 2.12. The Labute approximate surface area is 44.4 Å². The molecule has 0 unspecified atom stereocenters. The molecule has 1 heterocycles. The first-order chi connectivity index (χ1) is 3.39. The molecule has 39 valence electrons. The predicted octanol–water partition coefficient (Wildman–Crippen LogP) is 1.09. The fraction of sp³-hybridized carbons (Fsp3) is 0.500. The maximum absolute atomic E-state index is 3.21. The van der Waals surface area contributed by atoms with Gasteiger partial charge in [-0.3, -0.25) is 0 Å². The number of hydrogen-bond donors (Lipinski definition) is 1. The van der Waals surface area contributed by atoms with E-state index in [0.717, 1.165) is 13.0 Å². The minimum Gasteiger partial charge on any atom is -0.306 e. The molecule has 0 bridgehead atoms. The van der Waals surface area contributed by atoms with Gasteiger partial charge in [0, 0.05) is 12.6 Å². The molecule has 1 rings (SSSR count). The van der Waals surface area contributed by atoms with Crippen LogP contribution in [-0.2, 0) is 0 Å². The van der Waals surface area contributed by atoms with Gasteiger partial charge in [0.1, 0.15) is 0 Å². The zero-order chi connectivity index (χ0) is 5.11. The van der Waals surface area contributed by atoms with Crippen LogP contribution >= 0.6 is 0 Å². The highest BCUT2D eigenvalue weighted by molar-refractivity contribution is 5.01. The van der Waals surface area contributed by atoms with E-state index < -0.39 is 0 Å². The molecule has 0 amide bonds. The molecule has 0 atom stereocenters. The molecule has 0 aromatic carbocycles. The van der Waals surface area contributed by atoms with Crippen LogP contribution in [0.2, 0.25) is 0 Å². The molecule has 0 aromatic rings. The molecule has 7 heavy (non-hydrogen) atoms. The molecule has 0 aliphatic carbocycles. The number of nitrogens with one attached hydrogen (secondary N) is 1. The molecule has 0 fully saturated rings. The zero-order valence-corrected chi connectivity index (χ0v) is 4.57. The molecular weight excluding hydrogens is 86.1 g/mol. The van der Waals surface area contributed by atoms with Crippen molar-refractivity contribution in [1.29, 1.82) is 0 Å². The summed E-state index contributed by atoms with van der Waals surface area (Å²) in [5.41, 5.74) is 0. The minimum atomic E-state index is 1.02. The Morgan fingerprint density at radius 3 is 2.71 bits per heavy atom. The van der Waals surface area contributed by atoms with E-state index in [1.54, 1.807) is 0 Å². The number of hydrogen-bond acceptors (Lipinski definition) is 1. The standard InChI is InChI=1S/C6H10N/c1-6-4-2-3-5-7-6/h2-3,7H,4-5H2,1H3. The molecule has 1 aliphatic rings. The maximum atomic E-state index is 3.21. The topological polar surface area (TPSA) is 12.0 Å².